The molecule has 170 valence electrons. The Bertz CT molecular complexity index is 1180. The number of carbonyl (C=O) groups is 1. The molecule has 1 fully saturated rings. The van der Waals surface area contributed by atoms with E-state index in [1.54, 1.807) is 0 Å². The van der Waals surface area contributed by atoms with E-state index in [0.29, 0.717) is 5.92 Å². The predicted octanol–water partition coefficient (Wildman–Crippen LogP) is 7.53. The molecule has 0 unspecified atom stereocenters. The molecule has 0 bridgehead atoms. The van der Waals surface area contributed by atoms with E-state index in [1.165, 1.54) is 24.0 Å². The van der Waals surface area contributed by atoms with Gasteiger partial charge in [0.15, 0.2) is 0 Å². The minimum absolute atomic E-state index is 0.112. The Labute approximate surface area is 202 Å². The first-order chi connectivity index (χ1) is 16.8. The van der Waals surface area contributed by atoms with Crippen molar-refractivity contribution in [2.45, 2.75) is 37.6 Å². The summed E-state index contributed by atoms with van der Waals surface area (Å²) in [6.45, 7) is 0. The van der Waals surface area contributed by atoms with Crippen LogP contribution in [0.15, 0.2) is 115 Å². The summed E-state index contributed by atoms with van der Waals surface area (Å²) < 4.78 is 0. The molecule has 0 spiro atoms. The summed E-state index contributed by atoms with van der Waals surface area (Å²) in [7, 11) is 0. The molecule has 1 saturated carbocycles. The van der Waals surface area contributed by atoms with Gasteiger partial charge in [-0.2, -0.15) is 0 Å². The molecule has 4 aromatic rings. The predicted molar refractivity (Wildman–Crippen MR) is 139 cm³/mol. The van der Waals surface area contributed by atoms with Crippen molar-refractivity contribution in [1.29, 1.82) is 0 Å². The lowest BCUT2D eigenvalue weighted by molar-refractivity contribution is -0.124. The van der Waals surface area contributed by atoms with E-state index in [0.717, 1.165) is 29.5 Å². The van der Waals surface area contributed by atoms with Crippen molar-refractivity contribution in [3.05, 3.63) is 132 Å². The van der Waals surface area contributed by atoms with Gasteiger partial charge in [-0.05, 0) is 46.6 Å². The van der Waals surface area contributed by atoms with Crippen LogP contribution in [-0.2, 0) is 4.79 Å². The van der Waals surface area contributed by atoms with Crippen molar-refractivity contribution >= 4 is 5.91 Å². The molecular formula is C32H31NO. The maximum atomic E-state index is 13.9. The lowest BCUT2D eigenvalue weighted by Gasteiger charge is -2.27. The van der Waals surface area contributed by atoms with Gasteiger partial charge in [-0.15, -0.1) is 0 Å². The number of rotatable bonds is 7. The van der Waals surface area contributed by atoms with Crippen LogP contribution in [0.5, 0.6) is 0 Å². The van der Waals surface area contributed by atoms with Crippen LogP contribution in [0, 0.1) is 5.92 Å². The maximum Gasteiger partial charge on any atom is 0.228 e. The van der Waals surface area contributed by atoms with Crippen molar-refractivity contribution in [2.75, 3.05) is 0 Å². The molecule has 1 aliphatic carbocycles. The molecule has 1 aliphatic rings. The molecule has 0 aliphatic heterocycles. The Morgan fingerprint density at radius 3 is 1.65 bits per heavy atom. The summed E-state index contributed by atoms with van der Waals surface area (Å²) in [5.74, 6) is 0.414. The Morgan fingerprint density at radius 2 is 1.06 bits per heavy atom. The van der Waals surface area contributed by atoms with Crippen molar-refractivity contribution in [2.24, 2.45) is 5.92 Å². The zero-order valence-electron chi connectivity index (χ0n) is 19.4. The molecule has 0 aromatic heterocycles. The van der Waals surface area contributed by atoms with E-state index in [9.17, 15) is 4.79 Å². The first kappa shape index (κ1) is 22.2. The third-order valence-corrected chi connectivity index (χ3v) is 7.08. The summed E-state index contributed by atoms with van der Waals surface area (Å²) >= 11 is 0. The normalized spacial score (nSPS) is 15.5. The monoisotopic (exact) mass is 445 g/mol. The lowest BCUT2D eigenvalue weighted by atomic mass is 9.83. The highest BCUT2D eigenvalue weighted by Crippen LogP contribution is 2.38. The molecule has 2 atom stereocenters. The second-order valence-corrected chi connectivity index (χ2v) is 9.27. The molecule has 2 nitrogen and oxygen atoms in total. The molecule has 34 heavy (non-hydrogen) atoms. The smallest absolute Gasteiger partial charge is 0.228 e. The van der Waals surface area contributed by atoms with E-state index in [-0.39, 0.29) is 17.9 Å². The number of hydrogen-bond acceptors (Lipinski definition) is 1. The third kappa shape index (κ3) is 4.97. The minimum Gasteiger partial charge on any atom is -0.345 e. The van der Waals surface area contributed by atoms with Crippen LogP contribution in [0.2, 0.25) is 0 Å². The number of hydrogen-bond donors (Lipinski definition) is 1. The Balaban J connectivity index is 1.46. The van der Waals surface area contributed by atoms with Crippen LogP contribution in [0.4, 0.5) is 0 Å². The highest BCUT2D eigenvalue weighted by atomic mass is 16.2. The van der Waals surface area contributed by atoms with Crippen LogP contribution >= 0.6 is 0 Å². The topological polar surface area (TPSA) is 29.1 Å². The summed E-state index contributed by atoms with van der Waals surface area (Å²) in [5, 5.41) is 3.45. The van der Waals surface area contributed by atoms with Crippen LogP contribution in [0.25, 0.3) is 11.1 Å². The average molecular weight is 446 g/mol. The van der Waals surface area contributed by atoms with E-state index in [1.807, 2.05) is 42.5 Å². The van der Waals surface area contributed by atoms with Crippen LogP contribution in [0.1, 0.15) is 54.3 Å². The molecule has 1 N–H and O–H groups in total. The van der Waals surface area contributed by atoms with Gasteiger partial charge < -0.3 is 5.32 Å². The van der Waals surface area contributed by atoms with E-state index in [4.69, 9.17) is 0 Å². The molecule has 0 heterocycles. The fourth-order valence-corrected chi connectivity index (χ4v) is 5.32. The third-order valence-electron chi connectivity index (χ3n) is 7.08. The van der Waals surface area contributed by atoms with Crippen LogP contribution < -0.4 is 5.32 Å². The standard InChI is InChI=1S/C32H31NO/c34-32(30(27-16-10-11-17-27)26-14-6-2-7-15-26)33-31(28-18-8-3-9-19-28)29-22-20-25(21-23-29)24-12-4-1-5-13-24/h1-9,12-15,18-23,27,30-31H,10-11,16-17H2,(H,33,34)/t30-,31-/m1/s1. The van der Waals surface area contributed by atoms with E-state index in [2.05, 4.69) is 78.1 Å². The van der Waals surface area contributed by atoms with Gasteiger partial charge in [-0.25, -0.2) is 0 Å². The largest absolute Gasteiger partial charge is 0.345 e. The number of nitrogens with one attached hydrogen (secondary N) is 1. The fourth-order valence-electron chi connectivity index (χ4n) is 5.32. The average Bonchev–Trinajstić information content (AvgIpc) is 3.44. The van der Waals surface area contributed by atoms with Crippen LogP contribution in [0.3, 0.4) is 0 Å². The highest BCUT2D eigenvalue weighted by molar-refractivity contribution is 5.85. The second-order valence-electron chi connectivity index (χ2n) is 9.27. The molecule has 1 amide bonds. The minimum atomic E-state index is -0.189. The Kier molecular flexibility index (Phi) is 6.86. The summed E-state index contributed by atoms with van der Waals surface area (Å²) in [6, 6.07) is 39.4. The van der Waals surface area contributed by atoms with Crippen molar-refractivity contribution in [1.82, 2.24) is 5.32 Å². The summed E-state index contributed by atoms with van der Waals surface area (Å²) in [4.78, 5) is 13.9. The fraction of sp³-hybridized carbons (Fsp3) is 0.219. The van der Waals surface area contributed by atoms with Crippen molar-refractivity contribution in [3.8, 4) is 11.1 Å². The van der Waals surface area contributed by atoms with Gasteiger partial charge >= 0.3 is 0 Å². The van der Waals surface area contributed by atoms with Gasteiger partial charge in [0.05, 0.1) is 12.0 Å². The summed E-state index contributed by atoms with van der Waals surface area (Å²) in [6.07, 6.45) is 4.66. The van der Waals surface area contributed by atoms with Gasteiger partial charge in [0.2, 0.25) is 5.91 Å². The zero-order valence-corrected chi connectivity index (χ0v) is 19.4. The van der Waals surface area contributed by atoms with Gasteiger partial charge in [0, 0.05) is 0 Å². The van der Waals surface area contributed by atoms with Gasteiger partial charge in [0.1, 0.15) is 0 Å². The molecular weight excluding hydrogens is 414 g/mol. The molecule has 2 heteroatoms. The Morgan fingerprint density at radius 1 is 0.588 bits per heavy atom. The van der Waals surface area contributed by atoms with E-state index >= 15 is 0 Å². The molecule has 4 aromatic carbocycles. The number of carbonyl (C=O) groups excluding carboxylic acids is 1. The number of amides is 1. The van der Waals surface area contributed by atoms with Crippen molar-refractivity contribution < 1.29 is 4.79 Å². The SMILES string of the molecule is O=C(N[C@H](c1ccccc1)c1ccc(-c2ccccc2)cc1)[C@H](c1ccccc1)C1CCCC1. The zero-order chi connectivity index (χ0) is 23.2. The van der Waals surface area contributed by atoms with Gasteiger partial charge in [0.25, 0.3) is 0 Å². The molecule has 0 radical (unpaired) electrons. The van der Waals surface area contributed by atoms with E-state index < -0.39 is 0 Å². The van der Waals surface area contributed by atoms with Gasteiger partial charge in [-0.3, -0.25) is 4.79 Å². The maximum absolute atomic E-state index is 13.9. The Hall–Kier alpha value is -3.65. The second kappa shape index (κ2) is 10.5. The summed E-state index contributed by atoms with van der Waals surface area (Å²) in [5.41, 5.74) is 5.69. The highest BCUT2D eigenvalue weighted by Gasteiger charge is 2.33. The number of benzene rings is 4. The van der Waals surface area contributed by atoms with Gasteiger partial charge in [-0.1, -0.05) is 128 Å². The van der Waals surface area contributed by atoms with Crippen LogP contribution in [-0.4, -0.2) is 5.91 Å². The molecule has 0 saturated heterocycles. The molecule has 5 rings (SSSR count). The quantitative estimate of drug-likeness (QED) is 0.313. The van der Waals surface area contributed by atoms with Crippen molar-refractivity contribution in [3.63, 3.8) is 0 Å². The first-order valence-electron chi connectivity index (χ1n) is 12.4. The first-order valence-corrected chi connectivity index (χ1v) is 12.4. The lowest BCUT2D eigenvalue weighted by Crippen LogP contribution is -2.36.